The smallest absolute Gasteiger partial charge is 0.167 e. The lowest BCUT2D eigenvalue weighted by molar-refractivity contribution is 0.439. The topological polar surface area (TPSA) is 60.8 Å². The van der Waals surface area contributed by atoms with Crippen molar-refractivity contribution in [3.63, 3.8) is 0 Å². The lowest BCUT2D eigenvalue weighted by Gasteiger charge is -2.40. The zero-order valence-electron chi connectivity index (χ0n) is 31.2. The highest BCUT2D eigenvalue weighted by molar-refractivity contribution is 6.00. The summed E-state index contributed by atoms with van der Waals surface area (Å²) in [5, 5.41) is 4.38. The first-order valence-electron chi connectivity index (χ1n) is 19.5. The van der Waals surface area contributed by atoms with Crippen LogP contribution in [-0.4, -0.2) is 19.9 Å². The van der Waals surface area contributed by atoms with Crippen LogP contribution in [0.3, 0.4) is 0 Å². The van der Waals surface area contributed by atoms with E-state index in [9.17, 15) is 0 Å². The summed E-state index contributed by atoms with van der Waals surface area (Å²) in [6, 6.07) is 63.8. The number of rotatable bonds is 4. The molecular weight excluding hydrogens is 709 g/mol. The molecule has 5 nitrogen and oxygen atoms in total. The standard InChI is InChI=1S/C53H32N4O/c1-2-16-34(17-3-1)50-55-51(41-25-12-19-33-15-4-6-20-36(33)41)57-52(56-50)42-26-14-30-47-49(42)58-48-40(43-32-54-31-35-18-5-7-21-37(35)43)24-13-29-46(48)53(47)44-27-10-8-22-38(44)39-23-9-11-28-45(39)53/h1-32H. The van der Waals surface area contributed by atoms with E-state index in [0.29, 0.717) is 17.5 Å². The van der Waals surface area contributed by atoms with E-state index in [2.05, 4.69) is 152 Å². The molecule has 2 aromatic heterocycles. The minimum absolute atomic E-state index is 0.538. The Hall–Kier alpha value is -7.76. The summed E-state index contributed by atoms with van der Waals surface area (Å²) >= 11 is 0. The Bertz CT molecular complexity index is 3230. The lowest BCUT2D eigenvalue weighted by Crippen LogP contribution is -2.32. The van der Waals surface area contributed by atoms with Crippen molar-refractivity contribution in [1.29, 1.82) is 0 Å². The molecule has 2 aliphatic rings. The maximum absolute atomic E-state index is 7.45. The van der Waals surface area contributed by atoms with Gasteiger partial charge in [-0.2, -0.15) is 0 Å². The third-order valence-corrected chi connectivity index (χ3v) is 11.9. The monoisotopic (exact) mass is 740 g/mol. The Labute approximate surface area is 335 Å². The minimum Gasteiger partial charge on any atom is -0.455 e. The predicted octanol–water partition coefficient (Wildman–Crippen LogP) is 12.7. The molecule has 0 saturated carbocycles. The molecule has 8 aromatic carbocycles. The first kappa shape index (κ1) is 32.5. The number of hydrogen-bond donors (Lipinski definition) is 0. The van der Waals surface area contributed by atoms with Crippen LogP contribution in [0.4, 0.5) is 0 Å². The summed E-state index contributed by atoms with van der Waals surface area (Å²) in [4.78, 5) is 20.4. The highest BCUT2D eigenvalue weighted by Crippen LogP contribution is 2.64. The van der Waals surface area contributed by atoms with Gasteiger partial charge in [-0.15, -0.1) is 0 Å². The van der Waals surface area contributed by atoms with Crippen LogP contribution < -0.4 is 4.74 Å². The van der Waals surface area contributed by atoms with Crippen LogP contribution in [-0.2, 0) is 5.41 Å². The van der Waals surface area contributed by atoms with E-state index in [0.717, 1.165) is 72.0 Å². The number of aromatic nitrogens is 4. The van der Waals surface area contributed by atoms with E-state index in [1.165, 1.54) is 22.3 Å². The molecule has 0 bridgehead atoms. The normalized spacial score (nSPS) is 13.1. The average Bonchev–Trinajstić information content (AvgIpc) is 3.59. The first-order chi connectivity index (χ1) is 28.8. The second-order valence-corrected chi connectivity index (χ2v) is 14.9. The molecule has 10 aromatic rings. The Kier molecular flexibility index (Phi) is 7.07. The average molecular weight is 741 g/mol. The Morgan fingerprint density at radius 2 is 0.810 bits per heavy atom. The largest absolute Gasteiger partial charge is 0.455 e. The molecule has 3 heterocycles. The highest BCUT2D eigenvalue weighted by Gasteiger charge is 2.52. The van der Waals surface area contributed by atoms with E-state index < -0.39 is 5.41 Å². The molecule has 0 atom stereocenters. The first-order valence-corrected chi connectivity index (χ1v) is 19.5. The third-order valence-electron chi connectivity index (χ3n) is 11.9. The van der Waals surface area contributed by atoms with E-state index in [-0.39, 0.29) is 0 Å². The number of fused-ring (bicyclic) bond motifs is 11. The van der Waals surface area contributed by atoms with Crippen LogP contribution >= 0.6 is 0 Å². The van der Waals surface area contributed by atoms with Crippen molar-refractivity contribution in [2.75, 3.05) is 0 Å². The van der Waals surface area contributed by atoms with Gasteiger partial charge in [0.15, 0.2) is 17.5 Å². The van der Waals surface area contributed by atoms with Crippen LogP contribution in [0.25, 0.3) is 78.0 Å². The molecule has 0 N–H and O–H groups in total. The van der Waals surface area contributed by atoms with E-state index >= 15 is 0 Å². The van der Waals surface area contributed by atoms with Crippen LogP contribution in [0.15, 0.2) is 194 Å². The zero-order valence-corrected chi connectivity index (χ0v) is 31.2. The summed E-state index contributed by atoms with van der Waals surface area (Å²) in [7, 11) is 0. The third kappa shape index (κ3) is 4.64. The van der Waals surface area contributed by atoms with Crippen molar-refractivity contribution in [1.82, 2.24) is 19.9 Å². The molecule has 5 heteroatoms. The summed E-state index contributed by atoms with van der Waals surface area (Å²) < 4.78 is 7.45. The quantitative estimate of drug-likeness (QED) is 0.180. The van der Waals surface area contributed by atoms with E-state index in [1.807, 2.05) is 42.7 Å². The van der Waals surface area contributed by atoms with Crippen molar-refractivity contribution < 1.29 is 4.74 Å². The van der Waals surface area contributed by atoms with Crippen molar-refractivity contribution in [2.45, 2.75) is 5.41 Å². The van der Waals surface area contributed by atoms with Gasteiger partial charge in [-0.05, 0) is 44.5 Å². The van der Waals surface area contributed by atoms with E-state index in [1.54, 1.807) is 0 Å². The van der Waals surface area contributed by atoms with Gasteiger partial charge < -0.3 is 4.74 Å². The fourth-order valence-electron chi connectivity index (χ4n) is 9.42. The molecule has 1 spiro atoms. The molecule has 0 fully saturated rings. The van der Waals surface area contributed by atoms with Crippen LogP contribution in [0.2, 0.25) is 0 Å². The van der Waals surface area contributed by atoms with Crippen LogP contribution in [0.1, 0.15) is 22.3 Å². The molecule has 58 heavy (non-hydrogen) atoms. The van der Waals surface area contributed by atoms with Gasteiger partial charge in [-0.1, -0.05) is 176 Å². The second-order valence-electron chi connectivity index (χ2n) is 14.9. The zero-order chi connectivity index (χ0) is 38.2. The molecule has 1 aliphatic carbocycles. The van der Waals surface area contributed by atoms with Gasteiger partial charge in [0, 0.05) is 51.2 Å². The summed E-state index contributed by atoms with van der Waals surface area (Å²) in [5.74, 6) is 3.24. The van der Waals surface area contributed by atoms with Crippen molar-refractivity contribution >= 4 is 21.5 Å². The van der Waals surface area contributed by atoms with Gasteiger partial charge in [0.1, 0.15) is 11.5 Å². The van der Waals surface area contributed by atoms with Crippen LogP contribution in [0, 0.1) is 0 Å². The molecule has 0 saturated heterocycles. The SMILES string of the molecule is c1ccc(-c2nc(-c3cccc4c3Oc3c(-c5cncc6ccccc56)cccc3C43c4ccccc4-c4ccccc43)nc(-c3cccc4ccccc34)n2)cc1. The van der Waals surface area contributed by atoms with Gasteiger partial charge in [-0.25, -0.2) is 15.0 Å². The second kappa shape index (κ2) is 12.6. The maximum atomic E-state index is 7.45. The Balaban J connectivity index is 1.18. The molecule has 0 amide bonds. The van der Waals surface area contributed by atoms with Gasteiger partial charge in [0.2, 0.25) is 0 Å². The maximum Gasteiger partial charge on any atom is 0.167 e. The number of nitrogens with zero attached hydrogens (tertiary/aromatic N) is 4. The molecule has 1 aliphatic heterocycles. The van der Waals surface area contributed by atoms with Crippen molar-refractivity contribution in [3.05, 3.63) is 217 Å². The minimum atomic E-state index is -0.701. The Morgan fingerprint density at radius 1 is 0.328 bits per heavy atom. The predicted molar refractivity (Wildman–Crippen MR) is 232 cm³/mol. The molecule has 270 valence electrons. The summed E-state index contributed by atoms with van der Waals surface area (Å²) in [6.07, 6.45) is 3.88. The number of benzene rings is 8. The number of hydrogen-bond acceptors (Lipinski definition) is 5. The Morgan fingerprint density at radius 3 is 1.55 bits per heavy atom. The van der Waals surface area contributed by atoms with Crippen molar-refractivity contribution in [3.8, 4) is 67.9 Å². The summed E-state index contributed by atoms with van der Waals surface area (Å²) in [5.41, 5.74) is 10.9. The molecule has 12 rings (SSSR count). The van der Waals surface area contributed by atoms with Gasteiger partial charge >= 0.3 is 0 Å². The number of para-hydroxylation sites is 2. The van der Waals surface area contributed by atoms with Gasteiger partial charge in [0.25, 0.3) is 0 Å². The molecule has 0 unspecified atom stereocenters. The van der Waals surface area contributed by atoms with Crippen LogP contribution in [0.5, 0.6) is 11.5 Å². The fraction of sp³-hybridized carbons (Fsp3) is 0.0189. The molecular formula is C53H32N4O. The fourth-order valence-corrected chi connectivity index (χ4v) is 9.42. The summed E-state index contributed by atoms with van der Waals surface area (Å²) in [6.45, 7) is 0. The van der Waals surface area contributed by atoms with Gasteiger partial charge in [0.05, 0.1) is 11.0 Å². The van der Waals surface area contributed by atoms with E-state index in [4.69, 9.17) is 24.7 Å². The molecule has 0 radical (unpaired) electrons. The number of pyridine rings is 1. The lowest BCUT2D eigenvalue weighted by atomic mass is 9.65. The highest BCUT2D eigenvalue weighted by atomic mass is 16.5. The van der Waals surface area contributed by atoms with Gasteiger partial charge in [-0.3, -0.25) is 4.98 Å². The van der Waals surface area contributed by atoms with Crippen molar-refractivity contribution in [2.24, 2.45) is 0 Å². The number of ether oxygens (including phenoxy) is 1.